The Labute approximate surface area is 102 Å². The molecule has 0 bridgehead atoms. The third-order valence-corrected chi connectivity index (χ3v) is 3.05. The predicted molar refractivity (Wildman–Crippen MR) is 66.7 cm³/mol. The van der Waals surface area contributed by atoms with Crippen LogP contribution in [-0.2, 0) is 6.54 Å². The number of nitrogens with one attached hydrogen (secondary N) is 1. The summed E-state index contributed by atoms with van der Waals surface area (Å²) in [5.41, 5.74) is 1.19. The lowest BCUT2D eigenvalue weighted by Gasteiger charge is -2.21. The molecule has 0 aromatic carbocycles. The first-order valence-corrected chi connectivity index (χ1v) is 5.93. The standard InChI is InChI=1S/C13H19N3O/c1-10-7-15-16(9-10)12(3)11(2)14-8-13-5-4-6-17-13/h4-7,9,11-12,14H,8H2,1-3H3/t11-,12-/m1/s1. The van der Waals surface area contributed by atoms with E-state index in [-0.39, 0.29) is 0 Å². The smallest absolute Gasteiger partial charge is 0.117 e. The Bertz CT molecular complexity index is 447. The van der Waals surface area contributed by atoms with Gasteiger partial charge in [-0.25, -0.2) is 0 Å². The lowest BCUT2D eigenvalue weighted by Crippen LogP contribution is -2.33. The fourth-order valence-corrected chi connectivity index (χ4v) is 1.73. The molecule has 0 saturated carbocycles. The monoisotopic (exact) mass is 233 g/mol. The van der Waals surface area contributed by atoms with E-state index in [2.05, 4.69) is 37.4 Å². The van der Waals surface area contributed by atoms with Gasteiger partial charge in [0.2, 0.25) is 0 Å². The van der Waals surface area contributed by atoms with Gasteiger partial charge in [0.15, 0.2) is 0 Å². The zero-order valence-corrected chi connectivity index (χ0v) is 10.6. The molecule has 0 radical (unpaired) electrons. The first-order valence-electron chi connectivity index (χ1n) is 5.93. The molecule has 0 amide bonds. The van der Waals surface area contributed by atoms with Crippen LogP contribution in [0.4, 0.5) is 0 Å². The van der Waals surface area contributed by atoms with Gasteiger partial charge >= 0.3 is 0 Å². The Morgan fingerprint density at radius 3 is 2.88 bits per heavy atom. The molecule has 0 aliphatic rings. The van der Waals surface area contributed by atoms with Crippen LogP contribution < -0.4 is 5.32 Å². The molecule has 2 aromatic rings. The van der Waals surface area contributed by atoms with Crippen LogP contribution in [0, 0.1) is 6.92 Å². The fourth-order valence-electron chi connectivity index (χ4n) is 1.73. The molecule has 2 atom stereocenters. The molecule has 92 valence electrons. The van der Waals surface area contributed by atoms with Crippen molar-refractivity contribution in [3.63, 3.8) is 0 Å². The molecule has 4 nitrogen and oxygen atoms in total. The summed E-state index contributed by atoms with van der Waals surface area (Å²) in [6, 6.07) is 4.53. The van der Waals surface area contributed by atoms with Crippen LogP contribution in [0.1, 0.15) is 31.2 Å². The molecule has 0 unspecified atom stereocenters. The quantitative estimate of drug-likeness (QED) is 0.863. The molecule has 0 aliphatic heterocycles. The largest absolute Gasteiger partial charge is 0.468 e. The summed E-state index contributed by atoms with van der Waals surface area (Å²) in [4.78, 5) is 0. The minimum Gasteiger partial charge on any atom is -0.468 e. The van der Waals surface area contributed by atoms with E-state index in [4.69, 9.17) is 4.42 Å². The maximum atomic E-state index is 5.29. The molecule has 4 heteroatoms. The Kier molecular flexibility index (Phi) is 3.64. The maximum Gasteiger partial charge on any atom is 0.117 e. The third kappa shape index (κ3) is 2.97. The molecule has 0 spiro atoms. The second-order valence-electron chi connectivity index (χ2n) is 4.49. The highest BCUT2D eigenvalue weighted by molar-refractivity contribution is 5.01. The summed E-state index contributed by atoms with van der Waals surface area (Å²) in [5, 5.41) is 7.77. The lowest BCUT2D eigenvalue weighted by atomic mass is 10.1. The van der Waals surface area contributed by atoms with Gasteiger partial charge in [0.1, 0.15) is 5.76 Å². The first-order chi connectivity index (χ1) is 8.16. The van der Waals surface area contributed by atoms with Gasteiger partial charge in [-0.15, -0.1) is 0 Å². The predicted octanol–water partition coefficient (Wildman–Crippen LogP) is 2.52. The van der Waals surface area contributed by atoms with E-state index in [9.17, 15) is 0 Å². The van der Waals surface area contributed by atoms with Crippen molar-refractivity contribution in [1.82, 2.24) is 15.1 Å². The van der Waals surface area contributed by atoms with E-state index in [0.29, 0.717) is 12.1 Å². The van der Waals surface area contributed by atoms with E-state index in [1.807, 2.05) is 23.0 Å². The number of hydrogen-bond donors (Lipinski definition) is 1. The average Bonchev–Trinajstić information content (AvgIpc) is 2.95. The number of rotatable bonds is 5. The number of aryl methyl sites for hydroxylation is 1. The lowest BCUT2D eigenvalue weighted by molar-refractivity contribution is 0.351. The van der Waals surface area contributed by atoms with Gasteiger partial charge in [-0.1, -0.05) is 0 Å². The van der Waals surface area contributed by atoms with E-state index in [0.717, 1.165) is 12.3 Å². The topological polar surface area (TPSA) is 43.0 Å². The Balaban J connectivity index is 1.89. The van der Waals surface area contributed by atoms with Crippen LogP contribution in [-0.4, -0.2) is 15.8 Å². The summed E-state index contributed by atoms with van der Waals surface area (Å²) >= 11 is 0. The molecule has 2 aromatic heterocycles. The molecule has 1 N–H and O–H groups in total. The summed E-state index contributed by atoms with van der Waals surface area (Å²) in [5.74, 6) is 0.959. The second-order valence-corrected chi connectivity index (χ2v) is 4.49. The molecule has 0 saturated heterocycles. The summed E-state index contributed by atoms with van der Waals surface area (Å²) in [7, 11) is 0. The van der Waals surface area contributed by atoms with Crippen molar-refractivity contribution in [1.29, 1.82) is 0 Å². The van der Waals surface area contributed by atoms with E-state index < -0.39 is 0 Å². The first kappa shape index (κ1) is 11.9. The third-order valence-electron chi connectivity index (χ3n) is 3.05. The highest BCUT2D eigenvalue weighted by Crippen LogP contribution is 2.11. The molecule has 2 heterocycles. The average molecular weight is 233 g/mol. The minimum atomic E-state index is 0.318. The van der Waals surface area contributed by atoms with E-state index >= 15 is 0 Å². The molecule has 2 rings (SSSR count). The van der Waals surface area contributed by atoms with Crippen molar-refractivity contribution in [2.24, 2.45) is 0 Å². The van der Waals surface area contributed by atoms with Crippen molar-refractivity contribution in [2.75, 3.05) is 0 Å². The number of furan rings is 1. The van der Waals surface area contributed by atoms with Gasteiger partial charge in [-0.3, -0.25) is 4.68 Å². The van der Waals surface area contributed by atoms with E-state index in [1.54, 1.807) is 6.26 Å². The van der Waals surface area contributed by atoms with Gasteiger partial charge in [-0.2, -0.15) is 5.10 Å². The highest BCUT2D eigenvalue weighted by atomic mass is 16.3. The Morgan fingerprint density at radius 2 is 2.29 bits per heavy atom. The van der Waals surface area contributed by atoms with Crippen LogP contribution >= 0.6 is 0 Å². The second kappa shape index (κ2) is 5.19. The number of hydrogen-bond acceptors (Lipinski definition) is 3. The van der Waals surface area contributed by atoms with Gasteiger partial charge in [-0.05, 0) is 38.5 Å². The molecule has 17 heavy (non-hydrogen) atoms. The molecule has 0 aliphatic carbocycles. The highest BCUT2D eigenvalue weighted by Gasteiger charge is 2.14. The van der Waals surface area contributed by atoms with Crippen molar-refractivity contribution in [2.45, 2.75) is 39.4 Å². The van der Waals surface area contributed by atoms with Gasteiger partial charge in [0.25, 0.3) is 0 Å². The number of aromatic nitrogens is 2. The Morgan fingerprint density at radius 1 is 1.47 bits per heavy atom. The zero-order valence-electron chi connectivity index (χ0n) is 10.6. The van der Waals surface area contributed by atoms with Crippen molar-refractivity contribution >= 4 is 0 Å². The van der Waals surface area contributed by atoms with Crippen LogP contribution in [0.25, 0.3) is 0 Å². The van der Waals surface area contributed by atoms with Crippen molar-refractivity contribution in [3.05, 3.63) is 42.1 Å². The van der Waals surface area contributed by atoms with E-state index in [1.165, 1.54) is 5.56 Å². The Hall–Kier alpha value is -1.55. The van der Waals surface area contributed by atoms with Crippen LogP contribution in [0.3, 0.4) is 0 Å². The molecular weight excluding hydrogens is 214 g/mol. The molecular formula is C13H19N3O. The maximum absolute atomic E-state index is 5.29. The van der Waals surface area contributed by atoms with Gasteiger partial charge in [0.05, 0.1) is 25.0 Å². The zero-order chi connectivity index (χ0) is 12.3. The number of nitrogens with zero attached hydrogens (tertiary/aromatic N) is 2. The summed E-state index contributed by atoms with van der Waals surface area (Å²) in [6.45, 7) is 7.12. The van der Waals surface area contributed by atoms with Crippen LogP contribution in [0.15, 0.2) is 35.2 Å². The minimum absolute atomic E-state index is 0.318. The molecule has 0 fully saturated rings. The SMILES string of the molecule is Cc1cnn([C@H](C)[C@@H](C)NCc2ccco2)c1. The van der Waals surface area contributed by atoms with Crippen molar-refractivity contribution in [3.8, 4) is 0 Å². The van der Waals surface area contributed by atoms with Crippen molar-refractivity contribution < 1.29 is 4.42 Å². The summed E-state index contributed by atoms with van der Waals surface area (Å²) in [6.07, 6.45) is 5.65. The van der Waals surface area contributed by atoms with Crippen LogP contribution in [0.5, 0.6) is 0 Å². The summed E-state index contributed by atoms with van der Waals surface area (Å²) < 4.78 is 7.28. The van der Waals surface area contributed by atoms with Gasteiger partial charge in [0, 0.05) is 12.2 Å². The van der Waals surface area contributed by atoms with Gasteiger partial charge < -0.3 is 9.73 Å². The normalized spacial score (nSPS) is 14.8. The fraction of sp³-hybridized carbons (Fsp3) is 0.462. The van der Waals surface area contributed by atoms with Crippen LogP contribution in [0.2, 0.25) is 0 Å².